The summed E-state index contributed by atoms with van der Waals surface area (Å²) >= 11 is 0. The summed E-state index contributed by atoms with van der Waals surface area (Å²) in [6, 6.07) is 0. The zero-order valence-electron chi connectivity index (χ0n) is 40.3. The normalized spacial score (nSPS) is 11.3. The van der Waals surface area contributed by atoms with Crippen LogP contribution in [0.15, 0.2) is 0 Å². The van der Waals surface area contributed by atoms with Gasteiger partial charge < -0.3 is 39.1 Å². The molecule has 368 valence electrons. The molecule has 0 fully saturated rings. The molecule has 16 heteroatoms. The van der Waals surface area contributed by atoms with Crippen molar-refractivity contribution >= 4 is 35.7 Å². The molecule has 0 heterocycles. The second-order valence-electron chi connectivity index (χ2n) is 16.5. The van der Waals surface area contributed by atoms with Crippen LogP contribution in [0.2, 0.25) is 0 Å². The van der Waals surface area contributed by atoms with Crippen LogP contribution in [0, 0.1) is 0 Å². The Morgan fingerprint density at radius 1 is 0.413 bits per heavy atom. The van der Waals surface area contributed by atoms with Crippen LogP contribution >= 0.6 is 0 Å². The van der Waals surface area contributed by atoms with Gasteiger partial charge in [-0.25, -0.2) is 4.79 Å². The lowest BCUT2D eigenvalue weighted by Crippen LogP contribution is -2.35. The van der Waals surface area contributed by atoms with Crippen molar-refractivity contribution in [1.82, 2.24) is 20.4 Å². The molecule has 0 aromatic carbocycles. The van der Waals surface area contributed by atoms with Gasteiger partial charge in [-0.15, -0.1) is 0 Å². The summed E-state index contributed by atoms with van der Waals surface area (Å²) in [6.07, 6.45) is 13.1. The van der Waals surface area contributed by atoms with Crippen molar-refractivity contribution in [3.63, 3.8) is 0 Å². The van der Waals surface area contributed by atoms with Gasteiger partial charge in [0.15, 0.2) is 0 Å². The molecule has 0 radical (unpaired) electrons. The maximum absolute atomic E-state index is 12.3. The van der Waals surface area contributed by atoms with Gasteiger partial charge in [0.1, 0.15) is 19.0 Å². The highest BCUT2D eigenvalue weighted by atomic mass is 16.6. The van der Waals surface area contributed by atoms with Crippen molar-refractivity contribution in [2.24, 2.45) is 0 Å². The number of ketones is 1. The maximum atomic E-state index is 12.3. The molecular weight excluding hydrogens is 813 g/mol. The predicted octanol–water partition coefficient (Wildman–Crippen LogP) is 6.93. The summed E-state index contributed by atoms with van der Waals surface area (Å²) in [5, 5.41) is 5.73. The summed E-state index contributed by atoms with van der Waals surface area (Å²) in [5.74, 6) is -0.514. The third-order valence-electron chi connectivity index (χ3n) is 9.87. The van der Waals surface area contributed by atoms with Gasteiger partial charge in [0, 0.05) is 78.0 Å². The average molecular weight is 901 g/mol. The second-order valence-corrected chi connectivity index (χ2v) is 16.5. The number of ether oxygens (including phenoxy) is 6. The molecule has 63 heavy (non-hydrogen) atoms. The third kappa shape index (κ3) is 42.4. The molecule has 2 N–H and O–H groups in total. The number of hydrogen-bond acceptors (Lipinski definition) is 14. The number of nitrogens with zero attached hydrogens (tertiary/aromatic N) is 2. The van der Waals surface area contributed by atoms with Crippen LogP contribution in [-0.4, -0.2) is 150 Å². The highest BCUT2D eigenvalue weighted by molar-refractivity contribution is 5.80. The van der Waals surface area contributed by atoms with Gasteiger partial charge in [-0.05, 0) is 72.6 Å². The molecule has 0 atom stereocenters. The van der Waals surface area contributed by atoms with Gasteiger partial charge in [-0.3, -0.25) is 33.8 Å². The number of alkyl carbamates (subject to hydrolysis) is 1. The highest BCUT2D eigenvalue weighted by Gasteiger charge is 2.14. The first-order valence-electron chi connectivity index (χ1n) is 24.2. The molecule has 0 saturated heterocycles. The molecule has 16 nitrogen and oxygen atoms in total. The van der Waals surface area contributed by atoms with Crippen molar-refractivity contribution in [2.75, 3.05) is 92.0 Å². The highest BCUT2D eigenvalue weighted by Crippen LogP contribution is 2.10. The van der Waals surface area contributed by atoms with E-state index in [0.29, 0.717) is 111 Å². The lowest BCUT2D eigenvalue weighted by Gasteiger charge is -2.22. The Hall–Kier alpha value is -3.34. The molecule has 0 aromatic rings. The van der Waals surface area contributed by atoms with Crippen LogP contribution in [0.4, 0.5) is 4.79 Å². The first kappa shape index (κ1) is 59.7. The van der Waals surface area contributed by atoms with Gasteiger partial charge in [-0.1, -0.05) is 52.4 Å². The largest absolute Gasteiger partial charge is 0.466 e. The van der Waals surface area contributed by atoms with Crippen LogP contribution < -0.4 is 10.6 Å². The van der Waals surface area contributed by atoms with E-state index in [0.717, 1.165) is 77.0 Å². The smallest absolute Gasteiger partial charge is 0.407 e. The zero-order valence-corrected chi connectivity index (χ0v) is 40.3. The van der Waals surface area contributed by atoms with E-state index in [1.807, 2.05) is 46.4 Å². The number of Topliss-reactive ketones (excluding diaryl/α,β-unsaturated/α-hetero) is 1. The van der Waals surface area contributed by atoms with Crippen LogP contribution in [0.5, 0.6) is 0 Å². The minimum Gasteiger partial charge on any atom is -0.466 e. The van der Waals surface area contributed by atoms with E-state index in [4.69, 9.17) is 28.4 Å². The summed E-state index contributed by atoms with van der Waals surface area (Å²) < 4.78 is 32.4. The summed E-state index contributed by atoms with van der Waals surface area (Å²) in [6.45, 7) is 18.6. The van der Waals surface area contributed by atoms with E-state index in [9.17, 15) is 28.8 Å². The average Bonchev–Trinajstić information content (AvgIpc) is 3.24. The van der Waals surface area contributed by atoms with Crippen molar-refractivity contribution in [3.05, 3.63) is 0 Å². The number of carbonyl (C=O) groups is 6. The summed E-state index contributed by atoms with van der Waals surface area (Å²) in [5.41, 5.74) is 0. The predicted molar refractivity (Wildman–Crippen MR) is 244 cm³/mol. The number of esters is 3. The van der Waals surface area contributed by atoms with Crippen LogP contribution in [0.3, 0.4) is 0 Å². The third-order valence-corrected chi connectivity index (χ3v) is 9.87. The van der Waals surface area contributed by atoms with Gasteiger partial charge in [-0.2, -0.15) is 0 Å². The Bertz CT molecular complexity index is 1100. The van der Waals surface area contributed by atoms with Gasteiger partial charge in [0.2, 0.25) is 5.91 Å². The molecule has 0 spiro atoms. The van der Waals surface area contributed by atoms with Crippen molar-refractivity contribution < 1.29 is 57.2 Å². The van der Waals surface area contributed by atoms with Crippen molar-refractivity contribution in [3.8, 4) is 0 Å². The minimum absolute atomic E-state index is 0.0268. The minimum atomic E-state index is -0.458. The molecular formula is C47H88N4O12. The fourth-order valence-corrected chi connectivity index (χ4v) is 6.24. The molecule has 0 aliphatic rings. The number of amides is 2. The number of hydrogen-bond donors (Lipinski definition) is 2. The molecule has 0 unspecified atom stereocenters. The number of nitrogens with one attached hydrogen (secondary N) is 2. The lowest BCUT2D eigenvalue weighted by molar-refractivity contribution is -0.146. The van der Waals surface area contributed by atoms with Gasteiger partial charge in [0.25, 0.3) is 0 Å². The Balaban J connectivity index is 3.85. The van der Waals surface area contributed by atoms with Gasteiger partial charge in [0.05, 0.1) is 51.5 Å². The van der Waals surface area contributed by atoms with Gasteiger partial charge >= 0.3 is 24.0 Å². The topological polar surface area (TPSA) is 188 Å². The molecule has 0 aliphatic heterocycles. The Kier molecular flexibility index (Phi) is 40.3. The fraction of sp³-hybridized carbons (Fsp3) is 0.872. The summed E-state index contributed by atoms with van der Waals surface area (Å²) in [4.78, 5) is 76.8. The quantitative estimate of drug-likeness (QED) is 0.0364. The van der Waals surface area contributed by atoms with Crippen molar-refractivity contribution in [1.29, 1.82) is 0 Å². The zero-order chi connectivity index (χ0) is 46.8. The van der Waals surface area contributed by atoms with E-state index in [-0.39, 0.29) is 67.9 Å². The van der Waals surface area contributed by atoms with Crippen LogP contribution in [0.25, 0.3) is 0 Å². The molecule has 0 saturated carbocycles. The Morgan fingerprint density at radius 2 is 0.825 bits per heavy atom. The van der Waals surface area contributed by atoms with Crippen molar-refractivity contribution in [2.45, 2.75) is 176 Å². The Morgan fingerprint density at radius 3 is 1.35 bits per heavy atom. The second kappa shape index (κ2) is 42.6. The van der Waals surface area contributed by atoms with Crippen LogP contribution in [-0.2, 0) is 52.4 Å². The first-order valence-corrected chi connectivity index (χ1v) is 24.2. The van der Waals surface area contributed by atoms with E-state index >= 15 is 0 Å². The maximum Gasteiger partial charge on any atom is 0.407 e. The number of rotatable bonds is 44. The number of carbonyl (C=O) groups excluding carboxylic acids is 6. The molecule has 0 aliphatic carbocycles. The lowest BCUT2D eigenvalue weighted by atomic mass is 10.0. The standard InChI is InChI=1S/C47H88N4O12/c1-7-34-60-45(55)24-28-50(30-36-58-40(3)4)32-38-62-44(54)23-16-12-10-13-17-26-48-43(53)22-19-21-42(52)20-15-11-9-14-18-27-49-47(57)63-39-33-51(31-37-59-41(5)6)29-25-46(56)61-35-8-2/h40-41H,7-39H2,1-6H3,(H,48,53)(H,49,57). The molecule has 0 rings (SSSR count). The fourth-order valence-electron chi connectivity index (χ4n) is 6.24. The van der Waals surface area contributed by atoms with E-state index in [1.54, 1.807) is 0 Å². The molecule has 0 aromatic heterocycles. The first-order chi connectivity index (χ1) is 30.4. The van der Waals surface area contributed by atoms with Crippen LogP contribution in [0.1, 0.15) is 164 Å². The molecule has 0 bridgehead atoms. The van der Waals surface area contributed by atoms with E-state index < -0.39 is 6.09 Å². The summed E-state index contributed by atoms with van der Waals surface area (Å²) in [7, 11) is 0. The van der Waals surface area contributed by atoms with E-state index in [1.165, 1.54) is 0 Å². The SMILES string of the molecule is CCCOC(=O)CCN(CCOC(=O)CCCCCCCNC(=O)CCCC(=O)CCCCCCCNC(=O)OCCN(CCOC(C)C)CCC(=O)OCCC)CCOC(C)C. The van der Waals surface area contributed by atoms with E-state index in [2.05, 4.69) is 15.5 Å². The monoisotopic (exact) mass is 901 g/mol. The number of unbranched alkanes of at least 4 members (excludes halogenated alkanes) is 8. The molecule has 2 amide bonds. The Labute approximate surface area is 380 Å².